The maximum atomic E-state index is 12.2. The fraction of sp³-hybridized carbons (Fsp3) is 0.333. The Kier molecular flexibility index (Phi) is 2.64. The van der Waals surface area contributed by atoms with E-state index in [0.29, 0.717) is 16.3 Å². The van der Waals surface area contributed by atoms with Gasteiger partial charge >= 0.3 is 0 Å². The molecule has 0 N–H and O–H groups in total. The normalized spacial score (nSPS) is 17.4. The summed E-state index contributed by atoms with van der Waals surface area (Å²) in [5.41, 5.74) is 1.86. The first-order chi connectivity index (χ1) is 7.43. The molecule has 1 aliphatic rings. The summed E-state index contributed by atoms with van der Waals surface area (Å²) in [5, 5.41) is 0. The lowest BCUT2D eigenvalue weighted by Gasteiger charge is -2.10. The summed E-state index contributed by atoms with van der Waals surface area (Å²) >= 11 is 0. The summed E-state index contributed by atoms with van der Waals surface area (Å²) in [6.07, 6.45) is 1.79. The van der Waals surface area contributed by atoms with E-state index >= 15 is 0 Å². The average Bonchev–Trinajstić information content (AvgIpc) is 2.41. The molecule has 0 unspecified atom stereocenters. The highest BCUT2D eigenvalue weighted by Crippen LogP contribution is 2.34. The average molecular weight is 237 g/mol. The summed E-state index contributed by atoms with van der Waals surface area (Å²) in [5.74, 6) is 0. The number of sulfone groups is 1. The molecular formula is C12H15NO2S. The molecule has 3 nitrogen and oxygen atoms in total. The summed E-state index contributed by atoms with van der Waals surface area (Å²) in [7, 11) is 0.490. The monoisotopic (exact) mass is 237 g/mol. The zero-order valence-electron chi connectivity index (χ0n) is 9.69. The standard InChI is InChI=1S/C12H15NO2S/c1-9-5-4-6-12-11(9)7-10(8-13(2)3)16(12,14)15/h4-7H,8H2,1-3H3. The Labute approximate surface area is 96.3 Å². The van der Waals surface area contributed by atoms with Crippen molar-refractivity contribution in [3.63, 3.8) is 0 Å². The van der Waals surface area contributed by atoms with Crippen molar-refractivity contribution in [2.24, 2.45) is 0 Å². The van der Waals surface area contributed by atoms with Crippen LogP contribution in [0.1, 0.15) is 11.1 Å². The van der Waals surface area contributed by atoms with Crippen LogP contribution in [0.5, 0.6) is 0 Å². The van der Waals surface area contributed by atoms with E-state index in [-0.39, 0.29) is 0 Å². The van der Waals surface area contributed by atoms with E-state index < -0.39 is 9.84 Å². The minimum absolute atomic E-state index is 0.448. The van der Waals surface area contributed by atoms with Gasteiger partial charge in [-0.1, -0.05) is 12.1 Å². The molecule has 0 fully saturated rings. The van der Waals surface area contributed by atoms with Crippen molar-refractivity contribution < 1.29 is 8.42 Å². The molecule has 0 aliphatic carbocycles. The molecule has 0 saturated carbocycles. The highest BCUT2D eigenvalue weighted by Gasteiger charge is 2.30. The molecule has 0 saturated heterocycles. The second kappa shape index (κ2) is 3.71. The number of likely N-dealkylation sites (N-methyl/N-ethyl adjacent to an activating group) is 1. The van der Waals surface area contributed by atoms with Gasteiger partial charge in [-0.3, -0.25) is 0 Å². The molecule has 1 heterocycles. The molecule has 0 amide bonds. The number of benzene rings is 1. The molecule has 0 radical (unpaired) electrons. The Hall–Kier alpha value is -1.13. The number of aryl methyl sites for hydroxylation is 1. The zero-order chi connectivity index (χ0) is 11.9. The van der Waals surface area contributed by atoms with E-state index in [9.17, 15) is 8.42 Å². The minimum atomic E-state index is -3.24. The van der Waals surface area contributed by atoms with Gasteiger partial charge in [0.1, 0.15) is 0 Å². The molecule has 1 aromatic rings. The summed E-state index contributed by atoms with van der Waals surface area (Å²) in [6, 6.07) is 5.40. The van der Waals surface area contributed by atoms with E-state index in [1.165, 1.54) is 0 Å². The van der Waals surface area contributed by atoms with E-state index in [1.54, 1.807) is 18.2 Å². The lowest BCUT2D eigenvalue weighted by Crippen LogP contribution is -2.18. The molecule has 0 atom stereocenters. The molecule has 0 bridgehead atoms. The first-order valence-corrected chi connectivity index (χ1v) is 6.61. The second-order valence-corrected chi connectivity index (χ2v) is 6.31. The van der Waals surface area contributed by atoms with Gasteiger partial charge in [0.25, 0.3) is 0 Å². The van der Waals surface area contributed by atoms with Crippen LogP contribution in [-0.4, -0.2) is 34.0 Å². The van der Waals surface area contributed by atoms with Crippen molar-refractivity contribution >= 4 is 15.9 Å². The van der Waals surface area contributed by atoms with Crippen molar-refractivity contribution in [3.8, 4) is 0 Å². The zero-order valence-corrected chi connectivity index (χ0v) is 10.5. The van der Waals surface area contributed by atoms with Gasteiger partial charge in [-0.05, 0) is 44.3 Å². The van der Waals surface area contributed by atoms with Crippen LogP contribution in [-0.2, 0) is 9.84 Å². The highest BCUT2D eigenvalue weighted by atomic mass is 32.2. The largest absolute Gasteiger partial charge is 0.304 e. The maximum absolute atomic E-state index is 12.2. The first-order valence-electron chi connectivity index (χ1n) is 5.13. The van der Waals surface area contributed by atoms with Crippen molar-refractivity contribution in [2.75, 3.05) is 20.6 Å². The van der Waals surface area contributed by atoms with E-state index in [4.69, 9.17) is 0 Å². The number of hydrogen-bond donors (Lipinski definition) is 0. The van der Waals surface area contributed by atoms with Crippen LogP contribution in [0, 0.1) is 6.92 Å². The number of rotatable bonds is 2. The Morgan fingerprint density at radius 1 is 1.25 bits per heavy atom. The number of fused-ring (bicyclic) bond motifs is 1. The minimum Gasteiger partial charge on any atom is -0.304 e. The van der Waals surface area contributed by atoms with E-state index in [0.717, 1.165) is 11.1 Å². The summed E-state index contributed by atoms with van der Waals surface area (Å²) < 4.78 is 24.4. The second-order valence-electron chi connectivity index (χ2n) is 4.34. The lowest BCUT2D eigenvalue weighted by atomic mass is 10.1. The SMILES string of the molecule is Cc1cccc2c1C=C(CN(C)C)S2(=O)=O. The summed E-state index contributed by atoms with van der Waals surface area (Å²) in [6.45, 7) is 2.39. The van der Waals surface area contributed by atoms with Gasteiger partial charge in [0, 0.05) is 6.54 Å². The van der Waals surface area contributed by atoms with Gasteiger partial charge in [0.05, 0.1) is 9.80 Å². The van der Waals surface area contributed by atoms with Gasteiger partial charge in [-0.2, -0.15) is 0 Å². The van der Waals surface area contributed by atoms with Crippen LogP contribution in [0.2, 0.25) is 0 Å². The summed E-state index contributed by atoms with van der Waals surface area (Å²) in [4.78, 5) is 2.80. The fourth-order valence-electron chi connectivity index (χ4n) is 1.90. The van der Waals surface area contributed by atoms with Crippen LogP contribution in [0.25, 0.3) is 6.08 Å². The molecule has 86 valence electrons. The number of nitrogens with zero attached hydrogens (tertiary/aromatic N) is 1. The van der Waals surface area contributed by atoms with Crippen LogP contribution >= 0.6 is 0 Å². The van der Waals surface area contributed by atoms with Crippen molar-refractivity contribution in [3.05, 3.63) is 34.2 Å². The van der Waals surface area contributed by atoms with Crippen LogP contribution in [0.3, 0.4) is 0 Å². The van der Waals surface area contributed by atoms with Crippen molar-refractivity contribution in [2.45, 2.75) is 11.8 Å². The smallest absolute Gasteiger partial charge is 0.204 e. The molecule has 0 spiro atoms. The highest BCUT2D eigenvalue weighted by molar-refractivity contribution is 7.95. The molecule has 2 rings (SSSR count). The molecule has 4 heteroatoms. The third kappa shape index (κ3) is 1.68. The third-order valence-electron chi connectivity index (χ3n) is 2.70. The Bertz CT molecular complexity index is 556. The fourth-order valence-corrected chi connectivity index (χ4v) is 3.65. The Balaban J connectivity index is 2.57. The molecule has 16 heavy (non-hydrogen) atoms. The lowest BCUT2D eigenvalue weighted by molar-refractivity contribution is 0.451. The Morgan fingerprint density at radius 2 is 1.94 bits per heavy atom. The maximum Gasteiger partial charge on any atom is 0.204 e. The van der Waals surface area contributed by atoms with Crippen LogP contribution in [0.15, 0.2) is 28.0 Å². The van der Waals surface area contributed by atoms with Crippen molar-refractivity contribution in [1.82, 2.24) is 4.90 Å². The van der Waals surface area contributed by atoms with E-state index in [2.05, 4.69) is 0 Å². The van der Waals surface area contributed by atoms with Gasteiger partial charge in [-0.15, -0.1) is 0 Å². The predicted octanol–water partition coefficient (Wildman–Crippen LogP) is 1.68. The molecular weight excluding hydrogens is 222 g/mol. The topological polar surface area (TPSA) is 37.4 Å². The first kappa shape index (κ1) is 11.4. The quantitative estimate of drug-likeness (QED) is 0.785. The van der Waals surface area contributed by atoms with Gasteiger partial charge < -0.3 is 4.90 Å². The molecule has 0 aromatic heterocycles. The third-order valence-corrected chi connectivity index (χ3v) is 4.57. The van der Waals surface area contributed by atoms with Gasteiger partial charge in [-0.25, -0.2) is 8.42 Å². The van der Waals surface area contributed by atoms with Crippen molar-refractivity contribution in [1.29, 1.82) is 0 Å². The Morgan fingerprint density at radius 3 is 2.50 bits per heavy atom. The predicted molar refractivity (Wildman–Crippen MR) is 64.9 cm³/mol. The molecule has 1 aromatic carbocycles. The van der Waals surface area contributed by atoms with E-state index in [1.807, 2.05) is 32.0 Å². The van der Waals surface area contributed by atoms with Gasteiger partial charge in [0.15, 0.2) is 0 Å². The van der Waals surface area contributed by atoms with Crippen LogP contribution < -0.4 is 0 Å². The van der Waals surface area contributed by atoms with Gasteiger partial charge in [0.2, 0.25) is 9.84 Å². The molecule has 1 aliphatic heterocycles. The van der Waals surface area contributed by atoms with Crippen LogP contribution in [0.4, 0.5) is 0 Å². The number of hydrogen-bond acceptors (Lipinski definition) is 3.